The largest absolute Gasteiger partial charge is 0.337 e. The minimum atomic E-state index is -0.782. The Morgan fingerprint density at radius 2 is 2.10 bits per heavy atom. The molecule has 1 aliphatic carbocycles. The zero-order chi connectivity index (χ0) is 22.4. The third kappa shape index (κ3) is 5.61. The van der Waals surface area contributed by atoms with E-state index in [0.717, 1.165) is 38.5 Å². The second-order valence-electron chi connectivity index (χ2n) is 8.22. The molecule has 1 N–H and O–H groups in total. The first-order chi connectivity index (χ1) is 14.9. The minimum Gasteiger partial charge on any atom is -0.337 e. The second kappa shape index (κ2) is 10.5. The van der Waals surface area contributed by atoms with E-state index in [9.17, 15) is 14.9 Å². The van der Waals surface area contributed by atoms with E-state index in [1.54, 1.807) is 29.7 Å². The molecule has 0 saturated heterocycles. The van der Waals surface area contributed by atoms with E-state index in [1.807, 2.05) is 0 Å². The van der Waals surface area contributed by atoms with Crippen LogP contribution in [-0.2, 0) is 11.3 Å². The van der Waals surface area contributed by atoms with E-state index in [-0.39, 0.29) is 11.5 Å². The maximum atomic E-state index is 13.1. The summed E-state index contributed by atoms with van der Waals surface area (Å²) in [5.74, 6) is -0.200. The Labute approximate surface area is 192 Å². The Morgan fingerprint density at radius 3 is 2.77 bits per heavy atom. The number of carbonyl (C=O) groups excluding carboxylic acids is 1. The van der Waals surface area contributed by atoms with Crippen LogP contribution in [0.25, 0.3) is 10.9 Å². The quantitative estimate of drug-likeness (QED) is 0.337. The van der Waals surface area contributed by atoms with Gasteiger partial charge in [-0.25, -0.2) is 4.98 Å². The van der Waals surface area contributed by atoms with Crippen LogP contribution in [0, 0.1) is 11.3 Å². The fourth-order valence-electron chi connectivity index (χ4n) is 3.95. The van der Waals surface area contributed by atoms with E-state index in [2.05, 4.69) is 23.3 Å². The van der Waals surface area contributed by atoms with Gasteiger partial charge in [0.25, 0.3) is 5.56 Å². The number of aromatic nitrogens is 2. The van der Waals surface area contributed by atoms with Crippen molar-refractivity contribution in [2.24, 2.45) is 0 Å². The summed E-state index contributed by atoms with van der Waals surface area (Å²) in [6, 6.07) is 7.40. The highest BCUT2D eigenvalue weighted by atomic mass is 35.5. The average molecular weight is 461 g/mol. The molecule has 8 heteroatoms. The van der Waals surface area contributed by atoms with Crippen LogP contribution in [0.4, 0.5) is 0 Å². The Morgan fingerprint density at radius 1 is 1.35 bits per heavy atom. The molecule has 1 aromatic heterocycles. The van der Waals surface area contributed by atoms with Crippen molar-refractivity contribution in [3.8, 4) is 6.07 Å². The van der Waals surface area contributed by atoms with Gasteiger partial charge in [0.1, 0.15) is 5.54 Å². The highest BCUT2D eigenvalue weighted by Gasteiger charge is 2.35. The number of rotatable bonds is 8. The first-order valence-corrected chi connectivity index (χ1v) is 12.2. The summed E-state index contributed by atoms with van der Waals surface area (Å²) < 4.78 is 1.67. The van der Waals surface area contributed by atoms with Crippen LogP contribution >= 0.6 is 23.4 Å². The molecule has 1 saturated carbocycles. The van der Waals surface area contributed by atoms with Crippen molar-refractivity contribution in [3.05, 3.63) is 33.6 Å². The van der Waals surface area contributed by atoms with Gasteiger partial charge in [-0.3, -0.25) is 14.2 Å². The number of hydrogen-bond acceptors (Lipinski definition) is 5. The van der Waals surface area contributed by atoms with E-state index >= 15 is 0 Å². The van der Waals surface area contributed by atoms with Crippen molar-refractivity contribution in [2.75, 3.05) is 0 Å². The molecule has 1 heterocycles. The number of nitrogens with zero attached hydrogens (tertiary/aromatic N) is 3. The molecule has 2 aromatic rings. The van der Waals surface area contributed by atoms with Crippen molar-refractivity contribution in [3.63, 3.8) is 0 Å². The number of carbonyl (C=O) groups is 1. The molecule has 1 aromatic carbocycles. The number of thioether (sulfide) groups is 1. The van der Waals surface area contributed by atoms with Gasteiger partial charge >= 0.3 is 0 Å². The smallest absolute Gasteiger partial charge is 0.262 e. The van der Waals surface area contributed by atoms with Crippen LogP contribution in [0.5, 0.6) is 0 Å². The molecule has 1 atom stereocenters. The van der Waals surface area contributed by atoms with Gasteiger partial charge in [0.2, 0.25) is 5.91 Å². The van der Waals surface area contributed by atoms with Crippen LogP contribution in [-0.4, -0.2) is 26.2 Å². The topological polar surface area (TPSA) is 87.8 Å². The molecule has 1 amide bonds. The molecular formula is C23H29ClN4O2S. The summed E-state index contributed by atoms with van der Waals surface area (Å²) in [5, 5.41) is 13.7. The molecular weight excluding hydrogens is 432 g/mol. The molecule has 166 valence electrons. The lowest BCUT2D eigenvalue weighted by atomic mass is 9.83. The zero-order valence-electron chi connectivity index (χ0n) is 18.1. The fourth-order valence-corrected chi connectivity index (χ4v) is 5.05. The Kier molecular flexibility index (Phi) is 8.01. The van der Waals surface area contributed by atoms with E-state index in [4.69, 9.17) is 11.6 Å². The molecule has 1 aliphatic rings. The molecule has 0 bridgehead atoms. The van der Waals surface area contributed by atoms with Gasteiger partial charge < -0.3 is 5.32 Å². The number of nitrogens with one attached hydrogen (secondary N) is 1. The third-order valence-corrected chi connectivity index (χ3v) is 7.13. The maximum absolute atomic E-state index is 13.1. The lowest BCUT2D eigenvalue weighted by Gasteiger charge is -2.32. The molecule has 0 aliphatic heterocycles. The number of nitriles is 1. The number of benzene rings is 1. The Hall–Kier alpha value is -2.04. The Bertz CT molecular complexity index is 1040. The van der Waals surface area contributed by atoms with Gasteiger partial charge in [-0.05, 0) is 44.4 Å². The van der Waals surface area contributed by atoms with Gasteiger partial charge in [0, 0.05) is 11.6 Å². The van der Waals surface area contributed by atoms with Crippen molar-refractivity contribution in [1.29, 1.82) is 5.26 Å². The molecule has 0 spiro atoms. The first-order valence-electron chi connectivity index (χ1n) is 11.0. The van der Waals surface area contributed by atoms with Gasteiger partial charge in [0.15, 0.2) is 5.16 Å². The predicted octanol–water partition coefficient (Wildman–Crippen LogP) is 5.06. The fraction of sp³-hybridized carbons (Fsp3) is 0.565. The number of halogens is 1. The highest BCUT2D eigenvalue weighted by molar-refractivity contribution is 8.00. The van der Waals surface area contributed by atoms with Crippen molar-refractivity contribution < 1.29 is 4.79 Å². The zero-order valence-corrected chi connectivity index (χ0v) is 19.7. The van der Waals surface area contributed by atoms with E-state index < -0.39 is 10.8 Å². The summed E-state index contributed by atoms with van der Waals surface area (Å²) in [7, 11) is 0. The van der Waals surface area contributed by atoms with Crippen LogP contribution in [0.3, 0.4) is 0 Å². The third-order valence-electron chi connectivity index (χ3n) is 5.80. The van der Waals surface area contributed by atoms with Crippen LogP contribution < -0.4 is 10.9 Å². The summed E-state index contributed by atoms with van der Waals surface area (Å²) in [5.41, 5.74) is -0.372. The minimum absolute atomic E-state index is 0.117. The number of hydrogen-bond donors (Lipinski definition) is 1. The SMILES string of the molecule is CCCCCn1c(SC(C)C(=O)NC2(C#N)CCCCC2)nc2cc(Cl)ccc2c1=O. The maximum Gasteiger partial charge on any atom is 0.262 e. The lowest BCUT2D eigenvalue weighted by Crippen LogP contribution is -2.51. The van der Waals surface area contributed by atoms with E-state index in [1.165, 1.54) is 11.8 Å². The van der Waals surface area contributed by atoms with Gasteiger partial charge in [0.05, 0.1) is 22.2 Å². The first kappa shape index (κ1) is 23.6. The normalized spacial score (nSPS) is 16.6. The number of fused-ring (bicyclic) bond motifs is 1. The van der Waals surface area contributed by atoms with Crippen LogP contribution in [0.1, 0.15) is 65.2 Å². The molecule has 31 heavy (non-hydrogen) atoms. The second-order valence-corrected chi connectivity index (χ2v) is 9.97. The predicted molar refractivity (Wildman–Crippen MR) is 125 cm³/mol. The summed E-state index contributed by atoms with van der Waals surface area (Å²) >= 11 is 7.37. The van der Waals surface area contributed by atoms with Crippen LogP contribution in [0.2, 0.25) is 5.02 Å². The van der Waals surface area contributed by atoms with Gasteiger partial charge in [-0.15, -0.1) is 0 Å². The molecule has 0 radical (unpaired) electrons. The molecule has 3 rings (SSSR count). The Balaban J connectivity index is 1.87. The summed E-state index contributed by atoms with van der Waals surface area (Å²) in [6.07, 6.45) is 7.26. The van der Waals surface area contributed by atoms with Crippen LogP contribution in [0.15, 0.2) is 28.2 Å². The summed E-state index contributed by atoms with van der Waals surface area (Å²) in [4.78, 5) is 30.8. The number of amides is 1. The molecule has 1 fully saturated rings. The lowest BCUT2D eigenvalue weighted by molar-refractivity contribution is -0.121. The standard InChI is InChI=1S/C23H29ClN4O2S/c1-3-4-8-13-28-21(30)18-10-9-17(24)14-19(18)26-22(28)31-16(2)20(29)27-23(15-25)11-6-5-7-12-23/h9-10,14,16H,3-8,11-13H2,1-2H3,(H,27,29). The van der Waals surface area contributed by atoms with Crippen molar-refractivity contribution >= 4 is 40.2 Å². The van der Waals surface area contributed by atoms with Gasteiger partial charge in [-0.2, -0.15) is 5.26 Å². The highest BCUT2D eigenvalue weighted by Crippen LogP contribution is 2.29. The molecule has 1 unspecified atom stereocenters. The van der Waals surface area contributed by atoms with E-state index in [0.29, 0.717) is 40.5 Å². The summed E-state index contributed by atoms with van der Waals surface area (Å²) in [6.45, 7) is 4.46. The molecule has 6 nitrogen and oxygen atoms in total. The monoisotopic (exact) mass is 460 g/mol. The van der Waals surface area contributed by atoms with Gasteiger partial charge in [-0.1, -0.05) is 62.4 Å². The van der Waals surface area contributed by atoms with Crippen molar-refractivity contribution in [2.45, 2.75) is 87.7 Å². The average Bonchev–Trinajstić information content (AvgIpc) is 2.76. The number of unbranched alkanes of at least 4 members (excludes halogenated alkanes) is 2. The van der Waals surface area contributed by atoms with Crippen molar-refractivity contribution in [1.82, 2.24) is 14.9 Å².